The highest BCUT2D eigenvalue weighted by Crippen LogP contribution is 2.39. The molecule has 0 amide bonds. The van der Waals surface area contributed by atoms with Crippen LogP contribution in [0.4, 0.5) is 0 Å². The molecule has 0 atom stereocenters. The normalized spacial score (nSPS) is 11.5. The van der Waals surface area contributed by atoms with E-state index in [1.807, 2.05) is 91.0 Å². The number of para-hydroxylation sites is 1. The van der Waals surface area contributed by atoms with Crippen molar-refractivity contribution in [3.8, 4) is 34.2 Å². The molecule has 5 aromatic carbocycles. The fourth-order valence-electron chi connectivity index (χ4n) is 4.74. The van der Waals surface area contributed by atoms with E-state index in [2.05, 4.69) is 18.2 Å². The van der Waals surface area contributed by atoms with Crippen LogP contribution in [0.3, 0.4) is 0 Å². The van der Waals surface area contributed by atoms with Crippen molar-refractivity contribution in [3.05, 3.63) is 114 Å². The van der Waals surface area contributed by atoms with E-state index in [1.165, 1.54) is 0 Å². The molecular formula is C31H18ClN3O. The number of hydrogen-bond donors (Lipinski definition) is 0. The van der Waals surface area contributed by atoms with Crippen molar-refractivity contribution in [1.82, 2.24) is 15.0 Å². The third kappa shape index (κ3) is 3.35. The number of aromatic nitrogens is 3. The smallest absolute Gasteiger partial charge is 0.164 e. The van der Waals surface area contributed by atoms with Gasteiger partial charge in [0.15, 0.2) is 23.1 Å². The molecule has 0 bridgehead atoms. The molecular weight excluding hydrogens is 466 g/mol. The molecule has 36 heavy (non-hydrogen) atoms. The van der Waals surface area contributed by atoms with Crippen molar-refractivity contribution < 1.29 is 4.42 Å². The number of nitrogens with zero attached hydrogens (tertiary/aromatic N) is 3. The molecule has 0 aliphatic heterocycles. The minimum Gasteiger partial charge on any atom is -0.454 e. The zero-order chi connectivity index (χ0) is 24.1. The van der Waals surface area contributed by atoms with Crippen LogP contribution in [0, 0.1) is 0 Å². The molecule has 0 aliphatic carbocycles. The predicted molar refractivity (Wildman–Crippen MR) is 146 cm³/mol. The lowest BCUT2D eigenvalue weighted by molar-refractivity contribution is 0.669. The Bertz CT molecular complexity index is 1840. The monoisotopic (exact) mass is 483 g/mol. The third-order valence-electron chi connectivity index (χ3n) is 6.41. The van der Waals surface area contributed by atoms with Crippen molar-refractivity contribution in [2.24, 2.45) is 0 Å². The summed E-state index contributed by atoms with van der Waals surface area (Å²) in [7, 11) is 0. The summed E-state index contributed by atoms with van der Waals surface area (Å²) in [6.45, 7) is 0. The van der Waals surface area contributed by atoms with E-state index in [9.17, 15) is 0 Å². The second-order valence-corrected chi connectivity index (χ2v) is 9.00. The highest BCUT2D eigenvalue weighted by molar-refractivity contribution is 6.36. The summed E-state index contributed by atoms with van der Waals surface area (Å²) < 4.78 is 6.12. The van der Waals surface area contributed by atoms with Gasteiger partial charge in [0.05, 0.1) is 5.02 Å². The largest absolute Gasteiger partial charge is 0.454 e. The van der Waals surface area contributed by atoms with Crippen LogP contribution in [0.25, 0.3) is 66.9 Å². The summed E-state index contributed by atoms with van der Waals surface area (Å²) >= 11 is 6.44. The fraction of sp³-hybridized carbons (Fsp3) is 0. The lowest BCUT2D eigenvalue weighted by atomic mass is 9.99. The molecule has 0 saturated carbocycles. The summed E-state index contributed by atoms with van der Waals surface area (Å²) in [6, 6.07) is 36.1. The van der Waals surface area contributed by atoms with Gasteiger partial charge in [-0.05, 0) is 29.0 Å². The maximum atomic E-state index is 6.44. The van der Waals surface area contributed by atoms with Crippen molar-refractivity contribution in [1.29, 1.82) is 0 Å². The zero-order valence-corrected chi connectivity index (χ0v) is 19.8. The first-order valence-electron chi connectivity index (χ1n) is 11.7. The lowest BCUT2D eigenvalue weighted by Crippen LogP contribution is -2.00. The Balaban J connectivity index is 1.52. The Labute approximate surface area is 211 Å². The van der Waals surface area contributed by atoms with Gasteiger partial charge in [-0.25, -0.2) is 15.0 Å². The molecule has 0 radical (unpaired) electrons. The molecule has 170 valence electrons. The third-order valence-corrected chi connectivity index (χ3v) is 6.71. The van der Waals surface area contributed by atoms with Crippen LogP contribution in [-0.2, 0) is 0 Å². The van der Waals surface area contributed by atoms with Crippen LogP contribution in [0.15, 0.2) is 114 Å². The Morgan fingerprint density at radius 2 is 1.11 bits per heavy atom. The Morgan fingerprint density at radius 3 is 1.81 bits per heavy atom. The number of rotatable bonds is 3. The topological polar surface area (TPSA) is 51.8 Å². The van der Waals surface area contributed by atoms with E-state index in [-0.39, 0.29) is 0 Å². The summed E-state index contributed by atoms with van der Waals surface area (Å²) in [5.41, 5.74) is 4.31. The van der Waals surface area contributed by atoms with Gasteiger partial charge in [-0.1, -0.05) is 103 Å². The quantitative estimate of drug-likeness (QED) is 0.252. The molecule has 0 fully saturated rings. The average molecular weight is 484 g/mol. The molecule has 2 aromatic heterocycles. The van der Waals surface area contributed by atoms with Gasteiger partial charge in [-0.2, -0.15) is 0 Å². The molecule has 0 N–H and O–H groups in total. The highest BCUT2D eigenvalue weighted by Gasteiger charge is 2.17. The minimum absolute atomic E-state index is 0.602. The Kier molecular flexibility index (Phi) is 4.79. The number of halogens is 1. The van der Waals surface area contributed by atoms with Crippen LogP contribution in [0.1, 0.15) is 0 Å². The maximum absolute atomic E-state index is 6.44. The van der Waals surface area contributed by atoms with Gasteiger partial charge in [-0.15, -0.1) is 0 Å². The van der Waals surface area contributed by atoms with Crippen LogP contribution in [0.5, 0.6) is 0 Å². The van der Waals surface area contributed by atoms with E-state index in [1.54, 1.807) is 0 Å². The second-order valence-electron chi connectivity index (χ2n) is 8.60. The lowest BCUT2D eigenvalue weighted by Gasteiger charge is -2.10. The number of fused-ring (bicyclic) bond motifs is 5. The van der Waals surface area contributed by atoms with Crippen molar-refractivity contribution in [2.45, 2.75) is 0 Å². The summed E-state index contributed by atoms with van der Waals surface area (Å²) in [4.78, 5) is 14.7. The molecule has 2 heterocycles. The second kappa shape index (κ2) is 8.29. The minimum atomic E-state index is 0.602. The zero-order valence-electron chi connectivity index (χ0n) is 19.0. The van der Waals surface area contributed by atoms with Gasteiger partial charge in [0.25, 0.3) is 0 Å². The van der Waals surface area contributed by atoms with Gasteiger partial charge in [-0.3, -0.25) is 0 Å². The number of furan rings is 1. The van der Waals surface area contributed by atoms with Crippen molar-refractivity contribution in [3.63, 3.8) is 0 Å². The number of benzene rings is 5. The van der Waals surface area contributed by atoms with Gasteiger partial charge in [0, 0.05) is 27.5 Å². The highest BCUT2D eigenvalue weighted by atomic mass is 35.5. The summed E-state index contributed by atoms with van der Waals surface area (Å²) in [6.07, 6.45) is 0. The molecule has 0 unspecified atom stereocenters. The maximum Gasteiger partial charge on any atom is 0.164 e. The van der Waals surface area contributed by atoms with Crippen molar-refractivity contribution in [2.75, 3.05) is 0 Å². The predicted octanol–water partition coefficient (Wildman–Crippen LogP) is 8.58. The summed E-state index contributed by atoms with van der Waals surface area (Å²) in [5.74, 6) is 1.90. The molecule has 4 nitrogen and oxygen atoms in total. The van der Waals surface area contributed by atoms with Gasteiger partial charge < -0.3 is 4.42 Å². The van der Waals surface area contributed by atoms with Crippen LogP contribution in [0.2, 0.25) is 5.02 Å². The molecule has 5 heteroatoms. The SMILES string of the molecule is Clc1cccc2c1oc1ccc3c(-c4nc(-c5ccccc5)nc(-c5ccccc5)n4)cccc3c12. The first-order chi connectivity index (χ1) is 17.8. The van der Waals surface area contributed by atoms with E-state index < -0.39 is 0 Å². The van der Waals surface area contributed by atoms with Crippen LogP contribution < -0.4 is 0 Å². The van der Waals surface area contributed by atoms with E-state index in [0.29, 0.717) is 28.1 Å². The van der Waals surface area contributed by atoms with Gasteiger partial charge >= 0.3 is 0 Å². The van der Waals surface area contributed by atoms with E-state index >= 15 is 0 Å². The molecule has 0 aliphatic rings. The average Bonchev–Trinajstić information content (AvgIpc) is 3.34. The first kappa shape index (κ1) is 20.8. The number of hydrogen-bond acceptors (Lipinski definition) is 4. The summed E-state index contributed by atoms with van der Waals surface area (Å²) in [5, 5.41) is 4.73. The molecule has 0 spiro atoms. The fourth-order valence-corrected chi connectivity index (χ4v) is 4.96. The Hall–Kier alpha value is -4.54. The Morgan fingerprint density at radius 1 is 0.500 bits per heavy atom. The first-order valence-corrected chi connectivity index (χ1v) is 12.0. The standard InChI is InChI=1S/C31H18ClN3O/c32-25-16-8-15-24-27-22-13-7-14-23(21(22)17-18-26(27)36-28(24)25)31-34-29(19-9-3-1-4-10-19)33-30(35-31)20-11-5-2-6-12-20/h1-18H. The van der Waals surface area contributed by atoms with Crippen LogP contribution in [-0.4, -0.2) is 15.0 Å². The van der Waals surface area contributed by atoms with E-state index in [4.69, 9.17) is 31.0 Å². The van der Waals surface area contributed by atoms with Gasteiger partial charge in [0.1, 0.15) is 5.58 Å². The molecule has 7 rings (SSSR count). The molecule has 7 aromatic rings. The van der Waals surface area contributed by atoms with Crippen molar-refractivity contribution >= 4 is 44.3 Å². The van der Waals surface area contributed by atoms with Crippen LogP contribution >= 0.6 is 11.6 Å². The van der Waals surface area contributed by atoms with E-state index in [0.717, 1.165) is 43.8 Å². The molecule has 0 saturated heterocycles. The van der Waals surface area contributed by atoms with Gasteiger partial charge in [0.2, 0.25) is 0 Å².